The lowest BCUT2D eigenvalue weighted by Gasteiger charge is -2.12. The SMILES string of the molecule is COc1cc(-c2cccc(OC)c2OC)nc(N)n1. The second-order valence-electron chi connectivity index (χ2n) is 3.69. The maximum atomic E-state index is 5.66. The first-order valence-corrected chi connectivity index (χ1v) is 5.59. The molecule has 0 amide bonds. The third kappa shape index (κ3) is 2.52. The van der Waals surface area contributed by atoms with Crippen molar-refractivity contribution in [1.82, 2.24) is 9.97 Å². The van der Waals surface area contributed by atoms with E-state index in [-0.39, 0.29) is 5.95 Å². The number of nitrogens with zero attached hydrogens (tertiary/aromatic N) is 2. The summed E-state index contributed by atoms with van der Waals surface area (Å²) in [5.74, 6) is 1.74. The first-order chi connectivity index (χ1) is 9.19. The Morgan fingerprint density at radius 2 is 1.79 bits per heavy atom. The minimum Gasteiger partial charge on any atom is -0.493 e. The summed E-state index contributed by atoms with van der Waals surface area (Å²) in [7, 11) is 4.67. The highest BCUT2D eigenvalue weighted by molar-refractivity contribution is 5.72. The van der Waals surface area contributed by atoms with Crippen molar-refractivity contribution < 1.29 is 14.2 Å². The largest absolute Gasteiger partial charge is 0.493 e. The van der Waals surface area contributed by atoms with Crippen molar-refractivity contribution >= 4 is 5.95 Å². The van der Waals surface area contributed by atoms with Gasteiger partial charge in [-0.1, -0.05) is 6.07 Å². The first-order valence-electron chi connectivity index (χ1n) is 5.59. The van der Waals surface area contributed by atoms with Crippen LogP contribution < -0.4 is 19.9 Å². The van der Waals surface area contributed by atoms with E-state index in [1.807, 2.05) is 18.2 Å². The average Bonchev–Trinajstić information content (AvgIpc) is 2.45. The van der Waals surface area contributed by atoms with Gasteiger partial charge in [0.15, 0.2) is 11.5 Å². The number of benzene rings is 1. The third-order valence-electron chi connectivity index (χ3n) is 2.61. The Hall–Kier alpha value is -2.50. The normalized spacial score (nSPS) is 10.1. The Kier molecular flexibility index (Phi) is 3.70. The average molecular weight is 261 g/mol. The van der Waals surface area contributed by atoms with Crippen molar-refractivity contribution in [3.05, 3.63) is 24.3 Å². The summed E-state index contributed by atoms with van der Waals surface area (Å²) in [6, 6.07) is 7.21. The lowest BCUT2D eigenvalue weighted by atomic mass is 10.1. The van der Waals surface area contributed by atoms with E-state index in [9.17, 15) is 0 Å². The molecule has 0 spiro atoms. The van der Waals surface area contributed by atoms with Crippen molar-refractivity contribution in [3.8, 4) is 28.6 Å². The quantitative estimate of drug-likeness (QED) is 0.903. The molecule has 0 radical (unpaired) electrons. The number of ether oxygens (including phenoxy) is 3. The highest BCUT2D eigenvalue weighted by Crippen LogP contribution is 2.37. The van der Waals surface area contributed by atoms with Crippen molar-refractivity contribution in [2.45, 2.75) is 0 Å². The van der Waals surface area contributed by atoms with Gasteiger partial charge >= 0.3 is 0 Å². The van der Waals surface area contributed by atoms with E-state index in [1.54, 1.807) is 20.3 Å². The summed E-state index contributed by atoms with van der Waals surface area (Å²) in [5.41, 5.74) is 7.03. The summed E-state index contributed by atoms with van der Waals surface area (Å²) in [4.78, 5) is 8.14. The monoisotopic (exact) mass is 261 g/mol. The van der Waals surface area contributed by atoms with E-state index in [0.717, 1.165) is 5.56 Å². The Morgan fingerprint density at radius 3 is 2.42 bits per heavy atom. The smallest absolute Gasteiger partial charge is 0.223 e. The molecule has 19 heavy (non-hydrogen) atoms. The molecule has 1 heterocycles. The highest BCUT2D eigenvalue weighted by Gasteiger charge is 2.14. The molecule has 0 aliphatic carbocycles. The van der Waals surface area contributed by atoms with Crippen LogP contribution in [0.2, 0.25) is 0 Å². The molecule has 0 saturated carbocycles. The number of nitrogens with two attached hydrogens (primary N) is 1. The van der Waals surface area contributed by atoms with Gasteiger partial charge in [0.1, 0.15) is 0 Å². The van der Waals surface area contributed by atoms with Crippen LogP contribution in [-0.4, -0.2) is 31.3 Å². The molecule has 0 aliphatic heterocycles. The molecule has 6 nitrogen and oxygen atoms in total. The van der Waals surface area contributed by atoms with Crippen LogP contribution in [-0.2, 0) is 0 Å². The zero-order valence-electron chi connectivity index (χ0n) is 11.0. The molecule has 0 atom stereocenters. The standard InChI is InChI=1S/C13H15N3O3/c1-17-10-6-4-5-8(12(10)19-3)9-7-11(18-2)16-13(14)15-9/h4-7H,1-3H3,(H2,14,15,16). The van der Waals surface area contributed by atoms with Crippen molar-refractivity contribution in [3.63, 3.8) is 0 Å². The summed E-state index contributed by atoms with van der Waals surface area (Å²) in [6.45, 7) is 0. The Morgan fingerprint density at radius 1 is 1.00 bits per heavy atom. The van der Waals surface area contributed by atoms with Gasteiger partial charge in [0.2, 0.25) is 11.8 Å². The highest BCUT2D eigenvalue weighted by atomic mass is 16.5. The molecule has 2 aromatic rings. The summed E-state index contributed by atoms with van der Waals surface area (Å²) in [5, 5.41) is 0. The molecule has 1 aromatic heterocycles. The second kappa shape index (κ2) is 5.43. The van der Waals surface area contributed by atoms with Crippen molar-refractivity contribution in [2.24, 2.45) is 0 Å². The molecule has 0 unspecified atom stereocenters. The second-order valence-corrected chi connectivity index (χ2v) is 3.69. The van der Waals surface area contributed by atoms with Crippen LogP contribution in [0.5, 0.6) is 17.4 Å². The van der Waals surface area contributed by atoms with Crippen LogP contribution in [0.25, 0.3) is 11.3 Å². The third-order valence-corrected chi connectivity index (χ3v) is 2.61. The van der Waals surface area contributed by atoms with Crippen LogP contribution in [0, 0.1) is 0 Å². The zero-order chi connectivity index (χ0) is 13.8. The fraction of sp³-hybridized carbons (Fsp3) is 0.231. The van der Waals surface area contributed by atoms with E-state index in [1.165, 1.54) is 7.11 Å². The van der Waals surface area contributed by atoms with Crippen LogP contribution >= 0.6 is 0 Å². The Balaban J connectivity index is 2.61. The van der Waals surface area contributed by atoms with Gasteiger partial charge in [-0.2, -0.15) is 4.98 Å². The van der Waals surface area contributed by atoms with Gasteiger partial charge in [-0.25, -0.2) is 4.98 Å². The van der Waals surface area contributed by atoms with E-state index >= 15 is 0 Å². The maximum absolute atomic E-state index is 5.66. The predicted molar refractivity (Wildman–Crippen MR) is 71.5 cm³/mol. The molecule has 1 aromatic carbocycles. The minimum atomic E-state index is 0.138. The number of methoxy groups -OCH3 is 3. The first kappa shape index (κ1) is 12.9. The minimum absolute atomic E-state index is 0.138. The number of anilines is 1. The van der Waals surface area contributed by atoms with Crippen molar-refractivity contribution in [2.75, 3.05) is 27.1 Å². The van der Waals surface area contributed by atoms with Crippen LogP contribution in [0.15, 0.2) is 24.3 Å². The lowest BCUT2D eigenvalue weighted by molar-refractivity contribution is 0.356. The van der Waals surface area contributed by atoms with Crippen molar-refractivity contribution in [1.29, 1.82) is 0 Å². The molecule has 2 N–H and O–H groups in total. The summed E-state index contributed by atoms with van der Waals surface area (Å²) < 4.78 is 15.7. The van der Waals surface area contributed by atoms with E-state index in [0.29, 0.717) is 23.1 Å². The van der Waals surface area contributed by atoms with Crippen LogP contribution in [0.3, 0.4) is 0 Å². The van der Waals surface area contributed by atoms with Crippen LogP contribution in [0.4, 0.5) is 5.95 Å². The Labute approximate surface area is 111 Å². The summed E-state index contributed by atoms with van der Waals surface area (Å²) in [6.07, 6.45) is 0. The zero-order valence-corrected chi connectivity index (χ0v) is 11.0. The number of aromatic nitrogens is 2. The number of hydrogen-bond donors (Lipinski definition) is 1. The molecule has 0 fully saturated rings. The molecular formula is C13H15N3O3. The number of hydrogen-bond acceptors (Lipinski definition) is 6. The molecule has 6 heteroatoms. The maximum Gasteiger partial charge on any atom is 0.223 e. The van der Waals surface area contributed by atoms with E-state index < -0.39 is 0 Å². The van der Waals surface area contributed by atoms with Gasteiger partial charge in [-0.05, 0) is 12.1 Å². The number of para-hydroxylation sites is 1. The van der Waals surface area contributed by atoms with Gasteiger partial charge in [0.25, 0.3) is 0 Å². The topological polar surface area (TPSA) is 79.5 Å². The molecule has 2 rings (SSSR count). The van der Waals surface area contributed by atoms with Gasteiger partial charge < -0.3 is 19.9 Å². The number of nitrogen functional groups attached to an aromatic ring is 1. The lowest BCUT2D eigenvalue weighted by Crippen LogP contribution is -2.00. The van der Waals surface area contributed by atoms with Gasteiger partial charge in [-0.3, -0.25) is 0 Å². The van der Waals surface area contributed by atoms with Crippen LogP contribution in [0.1, 0.15) is 0 Å². The summed E-state index contributed by atoms with van der Waals surface area (Å²) >= 11 is 0. The molecule has 100 valence electrons. The molecule has 0 bridgehead atoms. The molecule has 0 saturated heterocycles. The molecule has 0 aliphatic rings. The molecular weight excluding hydrogens is 246 g/mol. The van der Waals surface area contributed by atoms with Gasteiger partial charge in [0.05, 0.1) is 27.0 Å². The van der Waals surface area contributed by atoms with E-state index in [2.05, 4.69) is 9.97 Å². The number of rotatable bonds is 4. The van der Waals surface area contributed by atoms with E-state index in [4.69, 9.17) is 19.9 Å². The predicted octanol–water partition coefficient (Wildman–Crippen LogP) is 1.75. The Bertz CT molecular complexity index is 587. The fourth-order valence-electron chi connectivity index (χ4n) is 1.77. The van der Waals surface area contributed by atoms with Gasteiger partial charge in [-0.15, -0.1) is 0 Å². The van der Waals surface area contributed by atoms with Gasteiger partial charge in [0, 0.05) is 11.6 Å². The fourth-order valence-corrected chi connectivity index (χ4v) is 1.77.